The van der Waals surface area contributed by atoms with Crippen LogP contribution in [-0.4, -0.2) is 5.11 Å². The third-order valence-corrected chi connectivity index (χ3v) is 4.01. The van der Waals surface area contributed by atoms with E-state index in [1.807, 2.05) is 0 Å². The Bertz CT molecular complexity index is 611. The molecule has 0 aliphatic heterocycles. The van der Waals surface area contributed by atoms with Crippen LogP contribution in [0, 0.1) is 0 Å². The second-order valence-electron chi connectivity index (χ2n) is 4.93. The SMILES string of the molecule is CCc1cc2c(c(O)c1CC)Cc1ccccc1-2. The van der Waals surface area contributed by atoms with Crippen LogP contribution < -0.4 is 0 Å². The second-order valence-corrected chi connectivity index (χ2v) is 4.93. The van der Waals surface area contributed by atoms with E-state index in [1.165, 1.54) is 22.3 Å². The third kappa shape index (κ3) is 1.47. The van der Waals surface area contributed by atoms with E-state index in [2.05, 4.69) is 44.2 Å². The first-order chi connectivity index (χ1) is 8.76. The van der Waals surface area contributed by atoms with Gasteiger partial charge in [-0.3, -0.25) is 0 Å². The smallest absolute Gasteiger partial charge is 0.123 e. The summed E-state index contributed by atoms with van der Waals surface area (Å²) >= 11 is 0. The maximum atomic E-state index is 10.5. The number of aromatic hydroxyl groups is 1. The lowest BCUT2D eigenvalue weighted by molar-refractivity contribution is 0.463. The zero-order valence-corrected chi connectivity index (χ0v) is 11.0. The van der Waals surface area contributed by atoms with Crippen molar-refractivity contribution in [1.29, 1.82) is 0 Å². The lowest BCUT2D eigenvalue weighted by Gasteiger charge is -2.13. The van der Waals surface area contributed by atoms with Crippen LogP contribution in [0.15, 0.2) is 30.3 Å². The van der Waals surface area contributed by atoms with Crippen molar-refractivity contribution in [3.63, 3.8) is 0 Å². The Kier molecular flexibility index (Phi) is 2.62. The van der Waals surface area contributed by atoms with Crippen molar-refractivity contribution in [2.45, 2.75) is 33.1 Å². The molecule has 0 fully saturated rings. The Hall–Kier alpha value is -1.76. The van der Waals surface area contributed by atoms with Gasteiger partial charge in [-0.2, -0.15) is 0 Å². The summed E-state index contributed by atoms with van der Waals surface area (Å²) in [6, 6.07) is 10.7. The van der Waals surface area contributed by atoms with Gasteiger partial charge in [0.1, 0.15) is 5.75 Å². The van der Waals surface area contributed by atoms with Gasteiger partial charge in [0.15, 0.2) is 0 Å². The molecule has 0 spiro atoms. The Morgan fingerprint density at radius 2 is 1.83 bits per heavy atom. The number of phenols is 1. The molecule has 0 heterocycles. The molecule has 0 aromatic heterocycles. The molecule has 3 rings (SSSR count). The van der Waals surface area contributed by atoms with Gasteiger partial charge in [0.05, 0.1) is 0 Å². The molecule has 0 amide bonds. The summed E-state index contributed by atoms with van der Waals surface area (Å²) in [6.45, 7) is 4.27. The van der Waals surface area contributed by atoms with Crippen molar-refractivity contribution in [1.82, 2.24) is 0 Å². The van der Waals surface area contributed by atoms with Gasteiger partial charge in [-0.05, 0) is 40.7 Å². The summed E-state index contributed by atoms with van der Waals surface area (Å²) in [6.07, 6.45) is 2.75. The first-order valence-electron chi connectivity index (χ1n) is 6.71. The summed E-state index contributed by atoms with van der Waals surface area (Å²) in [5.74, 6) is 0.531. The van der Waals surface area contributed by atoms with Gasteiger partial charge in [0.2, 0.25) is 0 Å². The molecular formula is C17H18O. The summed E-state index contributed by atoms with van der Waals surface area (Å²) in [5.41, 5.74) is 7.38. The molecule has 1 heteroatoms. The average Bonchev–Trinajstić information content (AvgIpc) is 2.77. The Morgan fingerprint density at radius 1 is 1.06 bits per heavy atom. The van der Waals surface area contributed by atoms with Crippen LogP contribution in [0.2, 0.25) is 0 Å². The maximum Gasteiger partial charge on any atom is 0.123 e. The fraction of sp³-hybridized carbons (Fsp3) is 0.294. The molecule has 1 aliphatic carbocycles. The highest BCUT2D eigenvalue weighted by molar-refractivity contribution is 5.80. The van der Waals surface area contributed by atoms with Crippen molar-refractivity contribution >= 4 is 0 Å². The van der Waals surface area contributed by atoms with Crippen LogP contribution in [-0.2, 0) is 19.3 Å². The van der Waals surface area contributed by atoms with E-state index in [1.54, 1.807) is 0 Å². The summed E-state index contributed by atoms with van der Waals surface area (Å²) in [4.78, 5) is 0. The van der Waals surface area contributed by atoms with Crippen LogP contribution >= 0.6 is 0 Å². The zero-order chi connectivity index (χ0) is 12.7. The number of benzene rings is 2. The molecule has 0 saturated heterocycles. The van der Waals surface area contributed by atoms with Gasteiger partial charge < -0.3 is 5.11 Å². The van der Waals surface area contributed by atoms with Crippen LogP contribution in [0.1, 0.15) is 36.1 Å². The van der Waals surface area contributed by atoms with Crippen LogP contribution in [0.25, 0.3) is 11.1 Å². The number of fused-ring (bicyclic) bond motifs is 3. The van der Waals surface area contributed by atoms with Gasteiger partial charge in [0.25, 0.3) is 0 Å². The highest BCUT2D eigenvalue weighted by atomic mass is 16.3. The van der Waals surface area contributed by atoms with Gasteiger partial charge >= 0.3 is 0 Å². The number of aryl methyl sites for hydroxylation is 1. The van der Waals surface area contributed by atoms with E-state index in [0.717, 1.165) is 30.4 Å². The quantitative estimate of drug-likeness (QED) is 0.713. The minimum absolute atomic E-state index is 0.531. The topological polar surface area (TPSA) is 20.2 Å². The monoisotopic (exact) mass is 238 g/mol. The van der Waals surface area contributed by atoms with Crippen LogP contribution in [0.3, 0.4) is 0 Å². The lowest BCUT2D eigenvalue weighted by atomic mass is 9.94. The molecule has 92 valence electrons. The highest BCUT2D eigenvalue weighted by Gasteiger charge is 2.23. The second kappa shape index (κ2) is 4.16. The van der Waals surface area contributed by atoms with Crippen molar-refractivity contribution in [2.75, 3.05) is 0 Å². The van der Waals surface area contributed by atoms with Gasteiger partial charge in [-0.15, -0.1) is 0 Å². The van der Waals surface area contributed by atoms with Crippen molar-refractivity contribution < 1.29 is 5.11 Å². The fourth-order valence-corrected chi connectivity index (χ4v) is 3.07. The number of rotatable bonds is 2. The number of hydrogen-bond donors (Lipinski definition) is 1. The summed E-state index contributed by atoms with van der Waals surface area (Å²) in [7, 11) is 0. The normalized spacial score (nSPS) is 12.3. The molecule has 1 nitrogen and oxygen atoms in total. The van der Waals surface area contributed by atoms with Gasteiger partial charge in [-0.1, -0.05) is 44.2 Å². The van der Waals surface area contributed by atoms with E-state index in [-0.39, 0.29) is 0 Å². The first-order valence-corrected chi connectivity index (χ1v) is 6.71. The molecule has 0 radical (unpaired) electrons. The predicted octanol–water partition coefficient (Wildman–Crippen LogP) is 4.09. The molecule has 1 N–H and O–H groups in total. The maximum absolute atomic E-state index is 10.5. The summed E-state index contributed by atoms with van der Waals surface area (Å²) in [5, 5.41) is 10.5. The molecule has 0 atom stereocenters. The Labute approximate surface area is 108 Å². The fourth-order valence-electron chi connectivity index (χ4n) is 3.07. The van der Waals surface area contributed by atoms with E-state index in [0.29, 0.717) is 5.75 Å². The molecule has 18 heavy (non-hydrogen) atoms. The Morgan fingerprint density at radius 3 is 2.56 bits per heavy atom. The average molecular weight is 238 g/mol. The highest BCUT2D eigenvalue weighted by Crippen LogP contribution is 2.43. The van der Waals surface area contributed by atoms with Gasteiger partial charge in [-0.25, -0.2) is 0 Å². The largest absolute Gasteiger partial charge is 0.507 e. The third-order valence-electron chi connectivity index (χ3n) is 4.01. The molecule has 0 saturated carbocycles. The van der Waals surface area contributed by atoms with Crippen molar-refractivity contribution in [2.24, 2.45) is 0 Å². The van der Waals surface area contributed by atoms with E-state index in [9.17, 15) is 5.11 Å². The zero-order valence-electron chi connectivity index (χ0n) is 11.0. The molecule has 0 unspecified atom stereocenters. The first kappa shape index (κ1) is 11.3. The molecule has 0 bridgehead atoms. The predicted molar refractivity (Wildman–Crippen MR) is 75.1 cm³/mol. The Balaban J connectivity index is 2.28. The van der Waals surface area contributed by atoms with E-state index in [4.69, 9.17) is 0 Å². The van der Waals surface area contributed by atoms with E-state index >= 15 is 0 Å². The minimum atomic E-state index is 0.531. The minimum Gasteiger partial charge on any atom is -0.507 e. The van der Waals surface area contributed by atoms with Crippen molar-refractivity contribution in [3.05, 3.63) is 52.6 Å². The molecule has 1 aliphatic rings. The van der Waals surface area contributed by atoms with Crippen LogP contribution in [0.5, 0.6) is 5.75 Å². The number of hydrogen-bond acceptors (Lipinski definition) is 1. The number of phenolic OH excluding ortho intramolecular Hbond substituents is 1. The van der Waals surface area contributed by atoms with Gasteiger partial charge in [0, 0.05) is 12.0 Å². The molecule has 2 aromatic carbocycles. The van der Waals surface area contributed by atoms with Crippen LogP contribution in [0.4, 0.5) is 0 Å². The lowest BCUT2D eigenvalue weighted by Crippen LogP contribution is -1.95. The summed E-state index contributed by atoms with van der Waals surface area (Å²) < 4.78 is 0. The van der Waals surface area contributed by atoms with Crippen molar-refractivity contribution in [3.8, 4) is 16.9 Å². The standard InChI is InChI=1S/C17H18O/c1-3-11-9-15-14-8-6-5-7-12(14)10-16(15)17(18)13(11)4-2/h5-9,18H,3-4,10H2,1-2H3. The van der Waals surface area contributed by atoms with E-state index < -0.39 is 0 Å². The molecule has 2 aromatic rings. The molecular weight excluding hydrogens is 220 g/mol.